The lowest BCUT2D eigenvalue weighted by Crippen LogP contribution is -2.23. The van der Waals surface area contributed by atoms with Crippen LogP contribution in [0.25, 0.3) is 11.0 Å². The highest BCUT2D eigenvalue weighted by molar-refractivity contribution is 5.95. The van der Waals surface area contributed by atoms with Crippen molar-refractivity contribution in [2.24, 2.45) is 0 Å². The number of fused-ring (bicyclic) bond motifs is 6. The maximum Gasteiger partial charge on any atom is 0.339 e. The highest BCUT2D eigenvalue weighted by atomic mass is 16.7. The van der Waals surface area contributed by atoms with Gasteiger partial charge in [-0.25, -0.2) is 4.79 Å². The van der Waals surface area contributed by atoms with Crippen LogP contribution >= 0.6 is 0 Å². The van der Waals surface area contributed by atoms with Crippen molar-refractivity contribution in [1.82, 2.24) is 0 Å². The fourth-order valence-corrected chi connectivity index (χ4v) is 4.92. The Bertz CT molecular complexity index is 1270. The largest absolute Gasteiger partial charge is 0.454 e. The first kappa shape index (κ1) is 16.7. The van der Waals surface area contributed by atoms with Crippen LogP contribution in [0.3, 0.4) is 0 Å². The van der Waals surface area contributed by atoms with E-state index in [1.54, 1.807) is 0 Å². The lowest BCUT2D eigenvalue weighted by atomic mass is 9.82. The molecule has 3 aromatic rings. The molecule has 1 atom stereocenters. The van der Waals surface area contributed by atoms with E-state index in [1.165, 1.54) is 0 Å². The smallest absolute Gasteiger partial charge is 0.339 e. The number of ether oxygens (including phenoxy) is 3. The van der Waals surface area contributed by atoms with Crippen LogP contribution in [0.2, 0.25) is 0 Å². The molecule has 29 heavy (non-hydrogen) atoms. The van der Waals surface area contributed by atoms with E-state index in [4.69, 9.17) is 18.6 Å². The fourth-order valence-electron chi connectivity index (χ4n) is 4.92. The van der Waals surface area contributed by atoms with Gasteiger partial charge in [-0.2, -0.15) is 0 Å². The molecule has 6 heteroatoms. The third-order valence-corrected chi connectivity index (χ3v) is 6.19. The number of carbonyl (C=O) groups is 1. The summed E-state index contributed by atoms with van der Waals surface area (Å²) < 4.78 is 22.3. The van der Waals surface area contributed by atoms with E-state index in [2.05, 4.69) is 0 Å². The third-order valence-electron chi connectivity index (χ3n) is 6.19. The van der Waals surface area contributed by atoms with Gasteiger partial charge in [0.1, 0.15) is 11.3 Å². The van der Waals surface area contributed by atoms with E-state index < -0.39 is 0 Å². The molecule has 0 amide bonds. The fraction of sp³-hybridized carbons (Fsp3) is 0.304. The first-order chi connectivity index (χ1) is 14.1. The van der Waals surface area contributed by atoms with Crippen molar-refractivity contribution in [3.8, 4) is 17.2 Å². The summed E-state index contributed by atoms with van der Waals surface area (Å²) in [6, 6.07) is 7.69. The molecule has 1 aromatic heterocycles. The molecule has 3 aliphatic rings. The number of carbonyl (C=O) groups excluding carboxylic acids is 1. The minimum absolute atomic E-state index is 0.158. The average molecular weight is 390 g/mol. The molecule has 1 unspecified atom stereocenters. The second kappa shape index (κ2) is 5.86. The topological polar surface area (TPSA) is 75.0 Å². The Labute approximate surface area is 166 Å². The Balaban J connectivity index is 1.63. The summed E-state index contributed by atoms with van der Waals surface area (Å²) in [6.45, 7) is 2.17. The highest BCUT2D eigenvalue weighted by Gasteiger charge is 2.35. The molecule has 0 radical (unpaired) electrons. The van der Waals surface area contributed by atoms with Gasteiger partial charge < -0.3 is 18.6 Å². The Morgan fingerprint density at radius 2 is 1.83 bits per heavy atom. The molecule has 0 saturated heterocycles. The molecule has 0 bridgehead atoms. The van der Waals surface area contributed by atoms with Crippen molar-refractivity contribution >= 4 is 16.9 Å². The van der Waals surface area contributed by atoms with Crippen LogP contribution in [0, 0.1) is 6.92 Å². The van der Waals surface area contributed by atoms with Crippen LogP contribution in [0.15, 0.2) is 33.5 Å². The predicted octanol–water partition coefficient (Wildman–Crippen LogP) is 3.76. The maximum absolute atomic E-state index is 12.6. The monoisotopic (exact) mass is 390 g/mol. The summed E-state index contributed by atoms with van der Waals surface area (Å²) in [6.07, 6.45) is 2.65. The van der Waals surface area contributed by atoms with E-state index in [1.807, 2.05) is 31.2 Å². The summed E-state index contributed by atoms with van der Waals surface area (Å²) in [5, 5.41) is 0.775. The second-order valence-electron chi connectivity index (χ2n) is 7.85. The molecule has 6 nitrogen and oxygen atoms in total. The molecule has 0 N–H and O–H groups in total. The van der Waals surface area contributed by atoms with Gasteiger partial charge in [0.05, 0.1) is 11.8 Å². The first-order valence-corrected chi connectivity index (χ1v) is 9.82. The standard InChI is InChI=1S/C23H18O6/c1-11-7-18-21(13-3-2-4-14(13)23(25)28-18)22-20(11)15(9-19(24)29-22)12-5-6-16-17(8-12)27-10-26-16/h5-8,15H,2-4,9-10H2,1H3. The minimum atomic E-state index is -0.287. The highest BCUT2D eigenvalue weighted by Crippen LogP contribution is 2.48. The Hall–Kier alpha value is -3.28. The quantitative estimate of drug-likeness (QED) is 0.358. The lowest BCUT2D eigenvalue weighted by molar-refractivity contribution is -0.135. The van der Waals surface area contributed by atoms with Crippen molar-refractivity contribution in [2.75, 3.05) is 6.79 Å². The zero-order chi connectivity index (χ0) is 19.7. The van der Waals surface area contributed by atoms with Gasteiger partial charge in [-0.3, -0.25) is 4.79 Å². The van der Waals surface area contributed by atoms with Crippen LogP contribution in [0.4, 0.5) is 0 Å². The number of rotatable bonds is 1. The van der Waals surface area contributed by atoms with Gasteiger partial charge >= 0.3 is 11.6 Å². The van der Waals surface area contributed by atoms with E-state index >= 15 is 0 Å². The van der Waals surface area contributed by atoms with Crippen LogP contribution in [0.5, 0.6) is 17.2 Å². The summed E-state index contributed by atoms with van der Waals surface area (Å²) in [5.41, 5.74) is 4.77. The molecule has 6 rings (SSSR count). The normalized spacial score (nSPS) is 19.2. The summed E-state index contributed by atoms with van der Waals surface area (Å²) in [5.74, 6) is 1.50. The Kier molecular flexibility index (Phi) is 3.37. The van der Waals surface area contributed by atoms with Crippen LogP contribution in [0.1, 0.15) is 46.6 Å². The van der Waals surface area contributed by atoms with Gasteiger partial charge in [0, 0.05) is 17.0 Å². The molecule has 0 spiro atoms. The van der Waals surface area contributed by atoms with Gasteiger partial charge in [-0.15, -0.1) is 0 Å². The number of aryl methyl sites for hydroxylation is 2. The number of hydrogen-bond acceptors (Lipinski definition) is 6. The van der Waals surface area contributed by atoms with Crippen molar-refractivity contribution < 1.29 is 23.4 Å². The molecule has 0 fully saturated rings. The van der Waals surface area contributed by atoms with Gasteiger partial charge in [-0.05, 0) is 61.1 Å². The average Bonchev–Trinajstić information content (AvgIpc) is 3.36. The van der Waals surface area contributed by atoms with E-state index in [9.17, 15) is 9.59 Å². The van der Waals surface area contributed by atoms with E-state index in [0.29, 0.717) is 34.8 Å². The number of esters is 1. The van der Waals surface area contributed by atoms with Crippen molar-refractivity contribution in [2.45, 2.75) is 38.5 Å². The van der Waals surface area contributed by atoms with Crippen molar-refractivity contribution in [3.63, 3.8) is 0 Å². The van der Waals surface area contributed by atoms with Gasteiger partial charge in [0.15, 0.2) is 11.5 Å². The molecule has 1 aliphatic carbocycles. The first-order valence-electron chi connectivity index (χ1n) is 9.82. The molecule has 2 aromatic carbocycles. The van der Waals surface area contributed by atoms with E-state index in [-0.39, 0.29) is 30.7 Å². The molecular formula is C23H18O6. The van der Waals surface area contributed by atoms with Gasteiger partial charge in [0.2, 0.25) is 6.79 Å². The molecule has 2 aliphatic heterocycles. The minimum Gasteiger partial charge on any atom is -0.454 e. The molecule has 0 saturated carbocycles. The Morgan fingerprint density at radius 1 is 1.00 bits per heavy atom. The predicted molar refractivity (Wildman–Crippen MR) is 104 cm³/mol. The summed E-state index contributed by atoms with van der Waals surface area (Å²) in [7, 11) is 0. The van der Waals surface area contributed by atoms with Crippen LogP contribution in [-0.2, 0) is 17.6 Å². The number of hydrogen-bond donors (Lipinski definition) is 0. The van der Waals surface area contributed by atoms with Crippen LogP contribution in [-0.4, -0.2) is 12.8 Å². The van der Waals surface area contributed by atoms with E-state index in [0.717, 1.165) is 40.5 Å². The Morgan fingerprint density at radius 3 is 2.72 bits per heavy atom. The zero-order valence-electron chi connectivity index (χ0n) is 15.9. The summed E-state index contributed by atoms with van der Waals surface area (Å²) in [4.78, 5) is 25.0. The molecule has 3 heterocycles. The molecule has 146 valence electrons. The van der Waals surface area contributed by atoms with Crippen molar-refractivity contribution in [3.05, 3.63) is 62.5 Å². The lowest BCUT2D eigenvalue weighted by Gasteiger charge is -2.28. The SMILES string of the molecule is Cc1cc2oc(=O)c3c(c2c2c1C(c1ccc4c(c1)OCO4)CC(=O)O2)CCC3. The third kappa shape index (κ3) is 2.35. The van der Waals surface area contributed by atoms with Gasteiger partial charge in [-0.1, -0.05) is 6.07 Å². The zero-order valence-corrected chi connectivity index (χ0v) is 15.9. The number of benzene rings is 2. The maximum atomic E-state index is 12.6. The molecular weight excluding hydrogens is 372 g/mol. The summed E-state index contributed by atoms with van der Waals surface area (Å²) >= 11 is 0. The van der Waals surface area contributed by atoms with Crippen molar-refractivity contribution in [1.29, 1.82) is 0 Å². The second-order valence-corrected chi connectivity index (χ2v) is 7.85. The van der Waals surface area contributed by atoms with Gasteiger partial charge in [0.25, 0.3) is 0 Å². The van der Waals surface area contributed by atoms with Crippen LogP contribution < -0.4 is 19.8 Å².